The standard InChI is InChI=1S/C16H21N3S/c1-19(10-9-14-8-5-11-20-14)12-15(16(17)18)13-6-3-2-4-7-13/h2-8,11,15H,9-10,12H2,1H3,(H3,17,18). The van der Waals surface area contributed by atoms with Crippen molar-refractivity contribution in [2.24, 2.45) is 5.73 Å². The number of rotatable bonds is 7. The Labute approximate surface area is 124 Å². The molecule has 0 spiro atoms. The molecular weight excluding hydrogens is 266 g/mol. The van der Waals surface area contributed by atoms with Gasteiger partial charge in [-0.3, -0.25) is 5.41 Å². The molecule has 4 heteroatoms. The van der Waals surface area contributed by atoms with Crippen molar-refractivity contribution < 1.29 is 0 Å². The van der Waals surface area contributed by atoms with Crippen molar-refractivity contribution in [2.75, 3.05) is 20.1 Å². The molecule has 0 radical (unpaired) electrons. The molecule has 3 N–H and O–H groups in total. The van der Waals surface area contributed by atoms with Gasteiger partial charge in [-0.2, -0.15) is 0 Å². The third-order valence-electron chi connectivity index (χ3n) is 3.39. The lowest BCUT2D eigenvalue weighted by Crippen LogP contribution is -2.33. The lowest BCUT2D eigenvalue weighted by atomic mass is 9.97. The lowest BCUT2D eigenvalue weighted by molar-refractivity contribution is 0.335. The van der Waals surface area contributed by atoms with Crippen molar-refractivity contribution >= 4 is 17.2 Å². The molecule has 1 aromatic carbocycles. The Bertz CT molecular complexity index is 522. The average Bonchev–Trinajstić information content (AvgIpc) is 2.96. The van der Waals surface area contributed by atoms with Gasteiger partial charge in [0, 0.05) is 18.0 Å². The van der Waals surface area contributed by atoms with E-state index in [1.165, 1.54) is 4.88 Å². The molecule has 0 aliphatic heterocycles. The van der Waals surface area contributed by atoms with E-state index in [-0.39, 0.29) is 11.8 Å². The van der Waals surface area contributed by atoms with Crippen molar-refractivity contribution in [3.63, 3.8) is 0 Å². The van der Waals surface area contributed by atoms with Crippen LogP contribution in [0.5, 0.6) is 0 Å². The van der Waals surface area contributed by atoms with Crippen molar-refractivity contribution in [3.8, 4) is 0 Å². The Morgan fingerprint density at radius 2 is 2.00 bits per heavy atom. The highest BCUT2D eigenvalue weighted by Gasteiger charge is 2.16. The number of nitrogens with one attached hydrogen (secondary N) is 1. The maximum atomic E-state index is 7.81. The van der Waals surface area contributed by atoms with Gasteiger partial charge in [0.2, 0.25) is 0 Å². The van der Waals surface area contributed by atoms with E-state index < -0.39 is 0 Å². The summed E-state index contributed by atoms with van der Waals surface area (Å²) in [6, 6.07) is 14.3. The van der Waals surface area contributed by atoms with Crippen LogP contribution < -0.4 is 5.73 Å². The van der Waals surface area contributed by atoms with E-state index >= 15 is 0 Å². The quantitative estimate of drug-likeness (QED) is 0.607. The number of nitrogens with two attached hydrogens (primary N) is 1. The SMILES string of the molecule is CN(CCc1cccs1)CC(C(=N)N)c1ccccc1. The van der Waals surface area contributed by atoms with Gasteiger partial charge in [-0.05, 0) is 30.5 Å². The van der Waals surface area contributed by atoms with Crippen LogP contribution in [0.1, 0.15) is 16.4 Å². The number of amidine groups is 1. The van der Waals surface area contributed by atoms with Gasteiger partial charge in [0.1, 0.15) is 0 Å². The minimum Gasteiger partial charge on any atom is -0.387 e. The van der Waals surface area contributed by atoms with Gasteiger partial charge in [0.25, 0.3) is 0 Å². The molecule has 0 saturated carbocycles. The molecule has 1 heterocycles. The zero-order valence-corrected chi connectivity index (χ0v) is 12.6. The van der Waals surface area contributed by atoms with Gasteiger partial charge in [0.05, 0.1) is 11.8 Å². The second kappa shape index (κ2) is 7.22. The molecule has 0 amide bonds. The minimum atomic E-state index is -0.0236. The van der Waals surface area contributed by atoms with Gasteiger partial charge in [-0.25, -0.2) is 0 Å². The van der Waals surface area contributed by atoms with Crippen LogP contribution in [0, 0.1) is 5.41 Å². The molecule has 2 rings (SSSR count). The number of hydrogen-bond acceptors (Lipinski definition) is 3. The largest absolute Gasteiger partial charge is 0.387 e. The summed E-state index contributed by atoms with van der Waals surface area (Å²) in [6.45, 7) is 1.77. The fourth-order valence-electron chi connectivity index (χ4n) is 2.23. The summed E-state index contributed by atoms with van der Waals surface area (Å²) in [7, 11) is 2.09. The monoisotopic (exact) mass is 287 g/mol. The van der Waals surface area contributed by atoms with Crippen molar-refractivity contribution in [2.45, 2.75) is 12.3 Å². The highest BCUT2D eigenvalue weighted by atomic mass is 32.1. The first-order valence-corrected chi connectivity index (χ1v) is 7.64. The maximum Gasteiger partial charge on any atom is 0.0995 e. The summed E-state index contributed by atoms with van der Waals surface area (Å²) in [5.41, 5.74) is 6.88. The zero-order valence-electron chi connectivity index (χ0n) is 11.8. The first-order chi connectivity index (χ1) is 9.66. The molecule has 106 valence electrons. The van der Waals surface area contributed by atoms with Crippen molar-refractivity contribution in [1.82, 2.24) is 4.90 Å². The Hall–Kier alpha value is -1.65. The highest BCUT2D eigenvalue weighted by molar-refractivity contribution is 7.09. The first kappa shape index (κ1) is 14.8. The lowest BCUT2D eigenvalue weighted by Gasteiger charge is -2.23. The molecule has 0 fully saturated rings. The Balaban J connectivity index is 1.93. The van der Waals surface area contributed by atoms with E-state index in [0.29, 0.717) is 0 Å². The van der Waals surface area contributed by atoms with Gasteiger partial charge in [-0.15, -0.1) is 11.3 Å². The molecule has 1 unspecified atom stereocenters. The Morgan fingerprint density at radius 3 is 2.60 bits per heavy atom. The molecule has 0 saturated heterocycles. The summed E-state index contributed by atoms with van der Waals surface area (Å²) in [6.07, 6.45) is 1.05. The van der Waals surface area contributed by atoms with Gasteiger partial charge in [-0.1, -0.05) is 36.4 Å². The average molecular weight is 287 g/mol. The molecule has 20 heavy (non-hydrogen) atoms. The summed E-state index contributed by atoms with van der Waals surface area (Å²) in [4.78, 5) is 3.65. The van der Waals surface area contributed by atoms with E-state index in [1.54, 1.807) is 11.3 Å². The van der Waals surface area contributed by atoms with Crippen LogP contribution in [-0.2, 0) is 6.42 Å². The summed E-state index contributed by atoms with van der Waals surface area (Å²) in [5.74, 6) is 0.212. The molecule has 0 aliphatic carbocycles. The van der Waals surface area contributed by atoms with Crippen LogP contribution in [0.15, 0.2) is 47.8 Å². The third-order valence-corrected chi connectivity index (χ3v) is 4.33. The van der Waals surface area contributed by atoms with Crippen LogP contribution in [0.2, 0.25) is 0 Å². The molecule has 0 bridgehead atoms. The number of hydrogen-bond donors (Lipinski definition) is 2. The van der Waals surface area contributed by atoms with E-state index in [4.69, 9.17) is 11.1 Å². The predicted molar refractivity (Wildman–Crippen MR) is 86.6 cm³/mol. The molecule has 1 atom stereocenters. The molecule has 1 aromatic heterocycles. The number of thiophene rings is 1. The van der Waals surface area contributed by atoms with Gasteiger partial charge < -0.3 is 10.6 Å². The molecule has 2 aromatic rings. The minimum absolute atomic E-state index is 0.0236. The first-order valence-electron chi connectivity index (χ1n) is 6.76. The third kappa shape index (κ3) is 4.18. The van der Waals surface area contributed by atoms with Crippen LogP contribution >= 0.6 is 11.3 Å². The molecular formula is C16H21N3S. The molecule has 0 aliphatic rings. The number of likely N-dealkylation sites (N-methyl/N-ethyl adjacent to an activating group) is 1. The summed E-state index contributed by atoms with van der Waals surface area (Å²) >= 11 is 1.79. The van der Waals surface area contributed by atoms with E-state index in [1.807, 2.05) is 30.3 Å². The zero-order chi connectivity index (χ0) is 14.4. The van der Waals surface area contributed by atoms with Gasteiger partial charge in [0.15, 0.2) is 0 Å². The normalized spacial score (nSPS) is 12.5. The van der Waals surface area contributed by atoms with E-state index in [0.717, 1.165) is 25.1 Å². The van der Waals surface area contributed by atoms with Crippen molar-refractivity contribution in [1.29, 1.82) is 5.41 Å². The molecule has 3 nitrogen and oxygen atoms in total. The van der Waals surface area contributed by atoms with Crippen molar-refractivity contribution in [3.05, 3.63) is 58.3 Å². The fraction of sp³-hybridized carbons (Fsp3) is 0.312. The van der Waals surface area contributed by atoms with Crippen LogP contribution in [0.3, 0.4) is 0 Å². The number of nitrogens with zero attached hydrogens (tertiary/aromatic N) is 1. The Kier molecular flexibility index (Phi) is 5.32. The summed E-state index contributed by atoms with van der Waals surface area (Å²) < 4.78 is 0. The van der Waals surface area contributed by atoms with E-state index in [2.05, 4.69) is 29.5 Å². The van der Waals surface area contributed by atoms with Crippen LogP contribution in [0.25, 0.3) is 0 Å². The topological polar surface area (TPSA) is 53.1 Å². The second-order valence-corrected chi connectivity index (χ2v) is 6.04. The van der Waals surface area contributed by atoms with Gasteiger partial charge >= 0.3 is 0 Å². The number of benzene rings is 1. The maximum absolute atomic E-state index is 7.81. The summed E-state index contributed by atoms with van der Waals surface area (Å²) in [5, 5.41) is 9.92. The smallest absolute Gasteiger partial charge is 0.0995 e. The van der Waals surface area contributed by atoms with Crippen LogP contribution in [0.4, 0.5) is 0 Å². The fourth-order valence-corrected chi connectivity index (χ4v) is 2.93. The van der Waals surface area contributed by atoms with E-state index in [9.17, 15) is 0 Å². The van der Waals surface area contributed by atoms with Crippen LogP contribution in [-0.4, -0.2) is 30.9 Å². The highest BCUT2D eigenvalue weighted by Crippen LogP contribution is 2.17. The predicted octanol–water partition coefficient (Wildman–Crippen LogP) is 2.94. The Morgan fingerprint density at radius 1 is 1.25 bits per heavy atom. The second-order valence-electron chi connectivity index (χ2n) is 5.01.